The number of aryl methyl sites for hydroxylation is 1. The first-order valence-electron chi connectivity index (χ1n) is 6.25. The number of halogens is 1. The van der Waals surface area contributed by atoms with Gasteiger partial charge in [-0.05, 0) is 24.1 Å². The molecule has 1 amide bonds. The highest BCUT2D eigenvalue weighted by atomic mass is 79.9. The molecule has 0 radical (unpaired) electrons. The summed E-state index contributed by atoms with van der Waals surface area (Å²) in [6, 6.07) is 13.9. The van der Waals surface area contributed by atoms with Gasteiger partial charge in [0.15, 0.2) is 0 Å². The first-order chi connectivity index (χ1) is 9.24. The summed E-state index contributed by atoms with van der Waals surface area (Å²) in [6.45, 7) is 2.10. The second-order valence-electron chi connectivity index (χ2n) is 4.21. The average molecular weight is 338 g/mol. The van der Waals surface area contributed by atoms with Crippen LogP contribution in [0.2, 0.25) is 0 Å². The van der Waals surface area contributed by atoms with Gasteiger partial charge >= 0.3 is 0 Å². The van der Waals surface area contributed by atoms with Crippen molar-refractivity contribution >= 4 is 33.2 Å². The molecular formula is C15H16BrNOS. The van der Waals surface area contributed by atoms with Gasteiger partial charge in [-0.1, -0.05) is 53.2 Å². The van der Waals surface area contributed by atoms with Crippen molar-refractivity contribution in [3.63, 3.8) is 0 Å². The fourth-order valence-electron chi connectivity index (χ4n) is 1.82. The molecule has 0 saturated heterocycles. The maximum atomic E-state index is 12.2. The SMILES string of the molecule is CCc1ccc(C(=O)NC(CBr)c2ccccc2)s1. The number of benzene rings is 1. The quantitative estimate of drug-likeness (QED) is 0.815. The molecule has 0 saturated carbocycles. The van der Waals surface area contributed by atoms with Gasteiger partial charge in [0.25, 0.3) is 5.91 Å². The van der Waals surface area contributed by atoms with E-state index in [4.69, 9.17) is 0 Å². The number of rotatable bonds is 5. The molecule has 19 heavy (non-hydrogen) atoms. The highest BCUT2D eigenvalue weighted by Gasteiger charge is 2.15. The Morgan fingerprint density at radius 2 is 2.00 bits per heavy atom. The second-order valence-corrected chi connectivity index (χ2v) is 6.03. The third-order valence-corrected chi connectivity index (χ3v) is 4.77. The monoisotopic (exact) mass is 337 g/mol. The Labute approximate surface area is 126 Å². The van der Waals surface area contributed by atoms with E-state index in [9.17, 15) is 4.79 Å². The van der Waals surface area contributed by atoms with Crippen molar-refractivity contribution in [2.75, 3.05) is 5.33 Å². The third kappa shape index (κ3) is 3.67. The minimum atomic E-state index is -0.00185. The van der Waals surface area contributed by atoms with Gasteiger partial charge in [-0.3, -0.25) is 4.79 Å². The van der Waals surface area contributed by atoms with E-state index < -0.39 is 0 Å². The molecule has 2 rings (SSSR count). The molecule has 0 spiro atoms. The smallest absolute Gasteiger partial charge is 0.261 e. The minimum Gasteiger partial charge on any atom is -0.344 e. The first kappa shape index (κ1) is 14.3. The van der Waals surface area contributed by atoms with Gasteiger partial charge < -0.3 is 5.32 Å². The molecule has 1 atom stereocenters. The van der Waals surface area contributed by atoms with Crippen LogP contribution in [0.15, 0.2) is 42.5 Å². The Balaban J connectivity index is 2.08. The largest absolute Gasteiger partial charge is 0.344 e. The van der Waals surface area contributed by atoms with Crippen molar-refractivity contribution in [1.82, 2.24) is 5.32 Å². The maximum absolute atomic E-state index is 12.2. The van der Waals surface area contributed by atoms with Crippen molar-refractivity contribution in [3.05, 3.63) is 57.8 Å². The molecule has 100 valence electrons. The van der Waals surface area contributed by atoms with Crippen molar-refractivity contribution in [1.29, 1.82) is 0 Å². The number of carbonyl (C=O) groups excluding carboxylic acids is 1. The number of amides is 1. The fraction of sp³-hybridized carbons (Fsp3) is 0.267. The summed E-state index contributed by atoms with van der Waals surface area (Å²) in [6.07, 6.45) is 0.971. The molecule has 0 fully saturated rings. The predicted octanol–water partition coefficient (Wildman–Crippen LogP) is 4.18. The van der Waals surface area contributed by atoms with Gasteiger partial charge in [0.1, 0.15) is 0 Å². The summed E-state index contributed by atoms with van der Waals surface area (Å²) in [7, 11) is 0. The van der Waals surface area contributed by atoms with Crippen LogP contribution in [-0.2, 0) is 6.42 Å². The summed E-state index contributed by atoms with van der Waals surface area (Å²) in [5, 5.41) is 3.76. The number of alkyl halides is 1. The van der Waals surface area contributed by atoms with Crippen LogP contribution < -0.4 is 5.32 Å². The van der Waals surface area contributed by atoms with E-state index in [0.717, 1.165) is 16.9 Å². The van der Waals surface area contributed by atoms with Crippen LogP contribution in [0, 0.1) is 0 Å². The average Bonchev–Trinajstić information content (AvgIpc) is 2.94. The van der Waals surface area contributed by atoms with E-state index in [2.05, 4.69) is 28.2 Å². The van der Waals surface area contributed by atoms with E-state index in [-0.39, 0.29) is 11.9 Å². The molecule has 4 heteroatoms. The van der Waals surface area contributed by atoms with Crippen LogP contribution in [0.5, 0.6) is 0 Å². The molecule has 1 aromatic heterocycles. The lowest BCUT2D eigenvalue weighted by Gasteiger charge is -2.16. The summed E-state index contributed by atoms with van der Waals surface area (Å²) in [5.41, 5.74) is 1.11. The molecule has 0 aliphatic heterocycles. The van der Waals surface area contributed by atoms with Crippen LogP contribution in [-0.4, -0.2) is 11.2 Å². The van der Waals surface area contributed by atoms with Crippen LogP contribution >= 0.6 is 27.3 Å². The molecular weight excluding hydrogens is 322 g/mol. The molecule has 1 unspecified atom stereocenters. The van der Waals surface area contributed by atoms with Crippen LogP contribution in [0.1, 0.15) is 33.1 Å². The highest BCUT2D eigenvalue weighted by molar-refractivity contribution is 9.09. The normalized spacial score (nSPS) is 12.1. The predicted molar refractivity (Wildman–Crippen MR) is 84.1 cm³/mol. The molecule has 2 aromatic rings. The summed E-state index contributed by atoms with van der Waals surface area (Å²) in [5.74, 6) is -0.00185. The van der Waals surface area contributed by atoms with Crippen LogP contribution in [0.4, 0.5) is 0 Å². The number of hydrogen-bond acceptors (Lipinski definition) is 2. The summed E-state index contributed by atoms with van der Waals surface area (Å²) < 4.78 is 0. The molecule has 1 heterocycles. The van der Waals surface area contributed by atoms with Crippen LogP contribution in [0.3, 0.4) is 0 Å². The molecule has 2 nitrogen and oxygen atoms in total. The number of thiophene rings is 1. The number of carbonyl (C=O) groups is 1. The zero-order valence-electron chi connectivity index (χ0n) is 10.7. The lowest BCUT2D eigenvalue weighted by molar-refractivity contribution is 0.0945. The Bertz CT molecular complexity index is 538. The Hall–Kier alpha value is -1.13. The van der Waals surface area contributed by atoms with Gasteiger partial charge in [-0.2, -0.15) is 0 Å². The first-order valence-corrected chi connectivity index (χ1v) is 8.19. The molecule has 1 aromatic carbocycles. The number of nitrogens with one attached hydrogen (secondary N) is 1. The van der Waals surface area contributed by atoms with Gasteiger partial charge in [-0.25, -0.2) is 0 Å². The number of hydrogen-bond donors (Lipinski definition) is 1. The molecule has 0 aliphatic carbocycles. The van der Waals surface area contributed by atoms with E-state index in [0.29, 0.717) is 5.33 Å². The van der Waals surface area contributed by atoms with Crippen molar-refractivity contribution in [2.24, 2.45) is 0 Å². The summed E-state index contributed by atoms with van der Waals surface area (Å²) >= 11 is 5.02. The zero-order chi connectivity index (χ0) is 13.7. The van der Waals surface area contributed by atoms with Crippen molar-refractivity contribution in [2.45, 2.75) is 19.4 Å². The molecule has 0 aliphatic rings. The third-order valence-electron chi connectivity index (χ3n) is 2.90. The summed E-state index contributed by atoms with van der Waals surface area (Å²) in [4.78, 5) is 14.2. The fourth-order valence-corrected chi connectivity index (χ4v) is 3.20. The van der Waals surface area contributed by atoms with E-state index in [1.807, 2.05) is 42.5 Å². The van der Waals surface area contributed by atoms with E-state index in [1.165, 1.54) is 4.88 Å². The maximum Gasteiger partial charge on any atom is 0.261 e. The lowest BCUT2D eigenvalue weighted by atomic mass is 10.1. The minimum absolute atomic E-state index is 0.000812. The van der Waals surface area contributed by atoms with Crippen molar-refractivity contribution in [3.8, 4) is 0 Å². The van der Waals surface area contributed by atoms with Crippen LogP contribution in [0.25, 0.3) is 0 Å². The standard InChI is InChI=1S/C15H16BrNOS/c1-2-12-8-9-14(19-12)15(18)17-13(10-16)11-6-4-3-5-7-11/h3-9,13H,2,10H2,1H3,(H,17,18). The Morgan fingerprint density at radius 3 is 2.58 bits per heavy atom. The van der Waals surface area contributed by atoms with Gasteiger partial charge in [0.2, 0.25) is 0 Å². The molecule has 1 N–H and O–H groups in total. The topological polar surface area (TPSA) is 29.1 Å². The Kier molecular flexibility index (Phi) is 5.16. The lowest BCUT2D eigenvalue weighted by Crippen LogP contribution is -2.28. The zero-order valence-corrected chi connectivity index (χ0v) is 13.1. The van der Waals surface area contributed by atoms with Gasteiger partial charge in [0.05, 0.1) is 10.9 Å². The Morgan fingerprint density at radius 1 is 1.26 bits per heavy atom. The highest BCUT2D eigenvalue weighted by Crippen LogP contribution is 2.20. The van der Waals surface area contributed by atoms with E-state index in [1.54, 1.807) is 11.3 Å². The van der Waals surface area contributed by atoms with Gasteiger partial charge in [-0.15, -0.1) is 11.3 Å². The molecule has 0 bridgehead atoms. The van der Waals surface area contributed by atoms with E-state index >= 15 is 0 Å². The second kappa shape index (κ2) is 6.87. The van der Waals surface area contributed by atoms with Gasteiger partial charge in [0, 0.05) is 10.2 Å². The van der Waals surface area contributed by atoms with Crippen molar-refractivity contribution < 1.29 is 4.79 Å².